The Hall–Kier alpha value is -1.38. The summed E-state index contributed by atoms with van der Waals surface area (Å²) in [5.74, 6) is -0.262. The summed E-state index contributed by atoms with van der Waals surface area (Å²) in [7, 11) is 0. The van der Waals surface area contributed by atoms with E-state index in [1.165, 1.54) is 0 Å². The molecule has 2 nitrogen and oxygen atoms in total. The number of benzene rings is 1. The van der Waals surface area contributed by atoms with Gasteiger partial charge in [0.1, 0.15) is 6.17 Å². The molecule has 1 rings (SSSR count). The van der Waals surface area contributed by atoms with Crippen molar-refractivity contribution in [2.24, 2.45) is 0 Å². The zero-order chi connectivity index (χ0) is 11.1. The number of alkyl halides is 1. The summed E-state index contributed by atoms with van der Waals surface area (Å²) < 4.78 is 13.1. The molecule has 1 aromatic rings. The quantitative estimate of drug-likeness (QED) is 0.793. The van der Waals surface area contributed by atoms with Crippen molar-refractivity contribution in [1.29, 1.82) is 0 Å². The molecule has 0 saturated heterocycles. The molecular formula is C12H16FNO. The van der Waals surface area contributed by atoms with Crippen molar-refractivity contribution >= 4 is 11.6 Å². The van der Waals surface area contributed by atoms with E-state index in [1.54, 1.807) is 12.1 Å². The molecule has 1 amide bonds. The predicted molar refractivity (Wildman–Crippen MR) is 59.5 cm³/mol. The minimum atomic E-state index is -1.03. The molecule has 0 aromatic heterocycles. The average molecular weight is 209 g/mol. The summed E-state index contributed by atoms with van der Waals surface area (Å²) in [5, 5.41) is 2.65. The zero-order valence-electron chi connectivity index (χ0n) is 8.87. The van der Waals surface area contributed by atoms with Gasteiger partial charge >= 0.3 is 0 Å². The average Bonchev–Trinajstić information content (AvgIpc) is 2.19. The first-order valence-corrected chi connectivity index (χ1v) is 5.21. The van der Waals surface area contributed by atoms with Gasteiger partial charge in [0.05, 0.1) is 6.42 Å². The highest BCUT2D eigenvalue weighted by atomic mass is 19.1. The second kappa shape index (κ2) is 6.17. The third kappa shape index (κ3) is 4.58. The Kier molecular flexibility index (Phi) is 4.81. The molecule has 15 heavy (non-hydrogen) atoms. The van der Waals surface area contributed by atoms with Gasteiger partial charge in [0, 0.05) is 5.69 Å². The van der Waals surface area contributed by atoms with Crippen LogP contribution in [0.25, 0.3) is 0 Å². The maximum atomic E-state index is 13.1. The van der Waals surface area contributed by atoms with Crippen LogP contribution in [0.15, 0.2) is 30.3 Å². The largest absolute Gasteiger partial charge is 0.326 e. The standard InChI is InChI=1S/C12H16FNO/c1-2-6-10(13)9-12(15)14-11-7-4-3-5-8-11/h3-5,7-8,10H,2,6,9H2,1H3,(H,14,15). The number of carbonyl (C=O) groups is 1. The van der Waals surface area contributed by atoms with Crippen LogP contribution < -0.4 is 5.32 Å². The fourth-order valence-electron chi connectivity index (χ4n) is 1.35. The number of rotatable bonds is 5. The number of nitrogens with one attached hydrogen (secondary N) is 1. The smallest absolute Gasteiger partial charge is 0.227 e. The molecule has 0 aliphatic heterocycles. The van der Waals surface area contributed by atoms with Crippen LogP contribution in [0, 0.1) is 0 Å². The Labute approximate surface area is 89.5 Å². The van der Waals surface area contributed by atoms with E-state index >= 15 is 0 Å². The SMILES string of the molecule is CCCC(F)CC(=O)Nc1ccccc1. The van der Waals surface area contributed by atoms with E-state index in [0.717, 1.165) is 6.42 Å². The minimum absolute atomic E-state index is 0.0528. The molecule has 0 bridgehead atoms. The molecule has 1 unspecified atom stereocenters. The number of hydrogen-bond donors (Lipinski definition) is 1. The maximum Gasteiger partial charge on any atom is 0.227 e. The van der Waals surface area contributed by atoms with Crippen molar-refractivity contribution in [3.63, 3.8) is 0 Å². The number of hydrogen-bond acceptors (Lipinski definition) is 1. The topological polar surface area (TPSA) is 29.1 Å². The first-order chi connectivity index (χ1) is 7.22. The number of anilines is 1. The van der Waals surface area contributed by atoms with Crippen LogP contribution in [0.5, 0.6) is 0 Å². The van der Waals surface area contributed by atoms with Gasteiger partial charge in [-0.25, -0.2) is 4.39 Å². The fraction of sp³-hybridized carbons (Fsp3) is 0.417. The van der Waals surface area contributed by atoms with E-state index in [1.807, 2.05) is 25.1 Å². The van der Waals surface area contributed by atoms with Gasteiger partial charge in [0.2, 0.25) is 5.91 Å². The monoisotopic (exact) mass is 209 g/mol. The van der Waals surface area contributed by atoms with E-state index in [-0.39, 0.29) is 12.3 Å². The Morgan fingerprint density at radius 1 is 1.40 bits per heavy atom. The van der Waals surface area contributed by atoms with Crippen LogP contribution in [0.2, 0.25) is 0 Å². The normalized spacial score (nSPS) is 12.1. The molecule has 3 heteroatoms. The number of halogens is 1. The van der Waals surface area contributed by atoms with Crippen LogP contribution in [0.3, 0.4) is 0 Å². The van der Waals surface area contributed by atoms with E-state index in [0.29, 0.717) is 12.1 Å². The number of para-hydroxylation sites is 1. The lowest BCUT2D eigenvalue weighted by Crippen LogP contribution is -2.16. The molecule has 0 fully saturated rings. The maximum absolute atomic E-state index is 13.1. The van der Waals surface area contributed by atoms with Crippen molar-refractivity contribution in [2.45, 2.75) is 32.4 Å². The molecule has 0 saturated carbocycles. The Morgan fingerprint density at radius 2 is 2.07 bits per heavy atom. The van der Waals surface area contributed by atoms with Crippen LogP contribution in [-0.4, -0.2) is 12.1 Å². The lowest BCUT2D eigenvalue weighted by molar-refractivity contribution is -0.117. The Bertz CT molecular complexity index is 300. The second-order valence-corrected chi connectivity index (χ2v) is 3.50. The third-order valence-electron chi connectivity index (χ3n) is 2.07. The lowest BCUT2D eigenvalue weighted by atomic mass is 10.1. The molecule has 1 atom stereocenters. The van der Waals surface area contributed by atoms with Crippen molar-refractivity contribution in [2.75, 3.05) is 5.32 Å². The molecule has 0 spiro atoms. The second-order valence-electron chi connectivity index (χ2n) is 3.50. The van der Waals surface area contributed by atoms with Gasteiger partial charge in [-0.05, 0) is 18.6 Å². The summed E-state index contributed by atoms with van der Waals surface area (Å²) in [5.41, 5.74) is 0.714. The Morgan fingerprint density at radius 3 is 2.67 bits per heavy atom. The van der Waals surface area contributed by atoms with Crippen molar-refractivity contribution in [1.82, 2.24) is 0 Å². The molecule has 1 N–H and O–H groups in total. The summed E-state index contributed by atoms with van der Waals surface area (Å²) >= 11 is 0. The van der Waals surface area contributed by atoms with Gasteiger partial charge in [-0.15, -0.1) is 0 Å². The predicted octanol–water partition coefficient (Wildman–Crippen LogP) is 3.15. The number of carbonyl (C=O) groups excluding carboxylic acids is 1. The lowest BCUT2D eigenvalue weighted by Gasteiger charge is -2.07. The molecule has 0 radical (unpaired) electrons. The molecule has 1 aromatic carbocycles. The summed E-state index contributed by atoms with van der Waals surface area (Å²) in [6.45, 7) is 1.90. The minimum Gasteiger partial charge on any atom is -0.326 e. The van der Waals surface area contributed by atoms with Crippen LogP contribution in [0.4, 0.5) is 10.1 Å². The first-order valence-electron chi connectivity index (χ1n) is 5.21. The summed E-state index contributed by atoms with van der Waals surface area (Å²) in [6, 6.07) is 9.09. The van der Waals surface area contributed by atoms with Crippen LogP contribution in [0.1, 0.15) is 26.2 Å². The first kappa shape index (κ1) is 11.7. The van der Waals surface area contributed by atoms with E-state index in [4.69, 9.17) is 0 Å². The van der Waals surface area contributed by atoms with E-state index in [2.05, 4.69) is 5.32 Å². The Balaban J connectivity index is 2.36. The van der Waals surface area contributed by atoms with Gasteiger partial charge in [-0.1, -0.05) is 31.5 Å². The van der Waals surface area contributed by atoms with E-state index in [9.17, 15) is 9.18 Å². The van der Waals surface area contributed by atoms with Crippen molar-refractivity contribution in [3.05, 3.63) is 30.3 Å². The van der Waals surface area contributed by atoms with E-state index < -0.39 is 6.17 Å². The third-order valence-corrected chi connectivity index (χ3v) is 2.07. The van der Waals surface area contributed by atoms with Crippen molar-refractivity contribution < 1.29 is 9.18 Å². The van der Waals surface area contributed by atoms with Crippen LogP contribution in [-0.2, 0) is 4.79 Å². The molecular weight excluding hydrogens is 193 g/mol. The van der Waals surface area contributed by atoms with Crippen molar-refractivity contribution in [3.8, 4) is 0 Å². The summed E-state index contributed by atoms with van der Waals surface area (Å²) in [4.78, 5) is 11.3. The van der Waals surface area contributed by atoms with Gasteiger partial charge in [0.15, 0.2) is 0 Å². The van der Waals surface area contributed by atoms with Crippen LogP contribution >= 0.6 is 0 Å². The molecule has 0 aliphatic rings. The van der Waals surface area contributed by atoms with Gasteiger partial charge < -0.3 is 5.32 Å². The molecule has 82 valence electrons. The zero-order valence-corrected chi connectivity index (χ0v) is 8.87. The fourth-order valence-corrected chi connectivity index (χ4v) is 1.35. The van der Waals surface area contributed by atoms with Gasteiger partial charge in [0.25, 0.3) is 0 Å². The van der Waals surface area contributed by atoms with Gasteiger partial charge in [-0.2, -0.15) is 0 Å². The highest BCUT2D eigenvalue weighted by molar-refractivity contribution is 5.90. The molecule has 0 aliphatic carbocycles. The number of amides is 1. The molecule has 0 heterocycles. The highest BCUT2D eigenvalue weighted by Crippen LogP contribution is 2.10. The highest BCUT2D eigenvalue weighted by Gasteiger charge is 2.11. The van der Waals surface area contributed by atoms with Gasteiger partial charge in [-0.3, -0.25) is 4.79 Å². The summed E-state index contributed by atoms with van der Waals surface area (Å²) in [6.07, 6.45) is 0.128.